The number of halogens is 1. The first-order valence-electron chi connectivity index (χ1n) is 5.19. The molecule has 0 heterocycles. The number of hydrogen-bond donors (Lipinski definition) is 0. The molecule has 0 atom stereocenters. The highest BCUT2D eigenvalue weighted by molar-refractivity contribution is 14.1. The lowest BCUT2D eigenvalue weighted by molar-refractivity contribution is 0.101. The van der Waals surface area contributed by atoms with Crippen molar-refractivity contribution in [2.24, 2.45) is 0 Å². The lowest BCUT2D eigenvalue weighted by atomic mass is 10.2. The molecule has 0 unspecified atom stereocenters. The van der Waals surface area contributed by atoms with Gasteiger partial charge in [0.2, 0.25) is 0 Å². The van der Waals surface area contributed by atoms with Gasteiger partial charge in [0.25, 0.3) is 0 Å². The van der Waals surface area contributed by atoms with Gasteiger partial charge in [-0.1, -0.05) is 23.9 Å². The molecule has 0 spiro atoms. The molecule has 2 rings (SSSR count). The molecule has 0 saturated heterocycles. The topological polar surface area (TPSA) is 17.1 Å². The summed E-state index contributed by atoms with van der Waals surface area (Å²) in [5, 5.41) is 0. The Morgan fingerprint density at radius 1 is 0.941 bits per heavy atom. The molecule has 1 nitrogen and oxygen atoms in total. The fourth-order valence-corrected chi connectivity index (χ4v) is 2.57. The zero-order valence-electron chi connectivity index (χ0n) is 9.31. The smallest absolute Gasteiger partial charge is 0.159 e. The van der Waals surface area contributed by atoms with Crippen LogP contribution in [0.3, 0.4) is 0 Å². The van der Waals surface area contributed by atoms with Crippen molar-refractivity contribution in [3.63, 3.8) is 0 Å². The first-order valence-corrected chi connectivity index (χ1v) is 7.09. The average Bonchev–Trinajstić information content (AvgIpc) is 2.33. The van der Waals surface area contributed by atoms with Crippen LogP contribution in [0.15, 0.2) is 58.3 Å². The second kappa shape index (κ2) is 5.69. The van der Waals surface area contributed by atoms with Crippen molar-refractivity contribution >= 4 is 40.1 Å². The Bertz CT molecular complexity index is 517. The van der Waals surface area contributed by atoms with Crippen LogP contribution >= 0.6 is 34.4 Å². The largest absolute Gasteiger partial charge is 0.295 e. The highest BCUT2D eigenvalue weighted by Gasteiger charge is 2.00. The highest BCUT2D eigenvalue weighted by atomic mass is 127. The zero-order valence-corrected chi connectivity index (χ0v) is 12.3. The van der Waals surface area contributed by atoms with Gasteiger partial charge in [-0.3, -0.25) is 4.79 Å². The molecule has 2 aromatic carbocycles. The molecule has 0 aliphatic carbocycles. The minimum absolute atomic E-state index is 0.107. The van der Waals surface area contributed by atoms with Crippen LogP contribution in [0.1, 0.15) is 17.3 Å². The van der Waals surface area contributed by atoms with Crippen LogP contribution < -0.4 is 0 Å². The first-order chi connectivity index (χ1) is 8.15. The van der Waals surface area contributed by atoms with Gasteiger partial charge in [-0.15, -0.1) is 0 Å². The third kappa shape index (κ3) is 3.57. The van der Waals surface area contributed by atoms with Crippen LogP contribution in [0, 0.1) is 3.57 Å². The minimum Gasteiger partial charge on any atom is -0.295 e. The van der Waals surface area contributed by atoms with Gasteiger partial charge in [0, 0.05) is 18.9 Å². The van der Waals surface area contributed by atoms with Gasteiger partial charge in [0.05, 0.1) is 0 Å². The molecule has 0 aliphatic heterocycles. The van der Waals surface area contributed by atoms with Crippen molar-refractivity contribution in [3.05, 3.63) is 57.7 Å². The molecular formula is C14H11IOS. The Morgan fingerprint density at radius 3 is 1.88 bits per heavy atom. The van der Waals surface area contributed by atoms with E-state index in [2.05, 4.69) is 46.9 Å². The molecule has 0 aliphatic rings. The van der Waals surface area contributed by atoms with Crippen LogP contribution in [-0.4, -0.2) is 5.78 Å². The Hall–Kier alpha value is -0.810. The fraction of sp³-hybridized carbons (Fsp3) is 0.0714. The van der Waals surface area contributed by atoms with E-state index in [-0.39, 0.29) is 5.78 Å². The van der Waals surface area contributed by atoms with Crippen molar-refractivity contribution in [2.75, 3.05) is 0 Å². The molecule has 0 amide bonds. The van der Waals surface area contributed by atoms with E-state index in [0.29, 0.717) is 0 Å². The maximum absolute atomic E-state index is 11.1. The fourth-order valence-electron chi connectivity index (χ4n) is 1.40. The number of ketones is 1. The number of hydrogen-bond acceptors (Lipinski definition) is 2. The average molecular weight is 354 g/mol. The van der Waals surface area contributed by atoms with Gasteiger partial charge >= 0.3 is 0 Å². The Morgan fingerprint density at radius 2 is 1.41 bits per heavy atom. The molecule has 2 aromatic rings. The summed E-state index contributed by atoms with van der Waals surface area (Å²) in [4.78, 5) is 13.5. The van der Waals surface area contributed by atoms with E-state index in [9.17, 15) is 4.79 Å². The highest BCUT2D eigenvalue weighted by Crippen LogP contribution is 2.28. The van der Waals surface area contributed by atoms with Crippen LogP contribution in [0.25, 0.3) is 0 Å². The van der Waals surface area contributed by atoms with Gasteiger partial charge in [-0.2, -0.15) is 0 Å². The van der Waals surface area contributed by atoms with E-state index in [0.717, 1.165) is 10.5 Å². The van der Waals surface area contributed by atoms with Gasteiger partial charge in [0.1, 0.15) is 0 Å². The van der Waals surface area contributed by atoms with Crippen LogP contribution in [0.5, 0.6) is 0 Å². The van der Waals surface area contributed by atoms with Crippen LogP contribution in [-0.2, 0) is 0 Å². The number of rotatable bonds is 3. The molecule has 0 saturated carbocycles. The van der Waals surface area contributed by atoms with E-state index < -0.39 is 0 Å². The second-order valence-electron chi connectivity index (χ2n) is 3.64. The predicted molar refractivity (Wildman–Crippen MR) is 79.7 cm³/mol. The summed E-state index contributed by atoms with van der Waals surface area (Å²) in [5.41, 5.74) is 0.761. The van der Waals surface area contributed by atoms with Crippen LogP contribution in [0.2, 0.25) is 0 Å². The normalized spacial score (nSPS) is 10.2. The predicted octanol–water partition coefficient (Wildman–Crippen LogP) is 4.65. The molecule has 0 fully saturated rings. The molecule has 86 valence electrons. The third-order valence-corrected chi connectivity index (χ3v) is 4.05. The number of benzene rings is 2. The van der Waals surface area contributed by atoms with Gasteiger partial charge in [0.15, 0.2) is 5.78 Å². The molecule has 0 aromatic heterocycles. The molecule has 0 bridgehead atoms. The summed E-state index contributed by atoms with van der Waals surface area (Å²) in [6.07, 6.45) is 0. The van der Waals surface area contributed by atoms with E-state index in [4.69, 9.17) is 0 Å². The van der Waals surface area contributed by atoms with Gasteiger partial charge in [-0.05, 0) is 65.9 Å². The lowest BCUT2D eigenvalue weighted by Gasteiger charge is -2.02. The maximum atomic E-state index is 11.1. The third-order valence-electron chi connectivity index (χ3n) is 2.31. The summed E-state index contributed by atoms with van der Waals surface area (Å²) in [5.74, 6) is 0.107. The van der Waals surface area contributed by atoms with Gasteiger partial charge < -0.3 is 0 Å². The Labute approximate surface area is 119 Å². The minimum atomic E-state index is 0.107. The summed E-state index contributed by atoms with van der Waals surface area (Å²) in [6, 6.07) is 16.1. The van der Waals surface area contributed by atoms with Crippen LogP contribution in [0.4, 0.5) is 0 Å². The SMILES string of the molecule is CC(=O)c1ccc(Sc2ccc(I)cc2)cc1. The molecule has 0 radical (unpaired) electrons. The van der Waals surface area contributed by atoms with Crippen molar-refractivity contribution in [1.29, 1.82) is 0 Å². The standard InChI is InChI=1S/C14H11IOS/c1-10(16)11-2-6-13(7-3-11)17-14-8-4-12(15)5-9-14/h2-9H,1H3. The Balaban J connectivity index is 2.13. The molecule has 17 heavy (non-hydrogen) atoms. The molecule has 0 N–H and O–H groups in total. The number of Topliss-reactive ketones (excluding diaryl/α,β-unsaturated/α-hetero) is 1. The van der Waals surface area contributed by atoms with Crippen molar-refractivity contribution in [3.8, 4) is 0 Å². The summed E-state index contributed by atoms with van der Waals surface area (Å²) < 4.78 is 1.24. The number of carbonyl (C=O) groups is 1. The van der Waals surface area contributed by atoms with Gasteiger partial charge in [-0.25, -0.2) is 0 Å². The van der Waals surface area contributed by atoms with Crippen molar-refractivity contribution < 1.29 is 4.79 Å². The van der Waals surface area contributed by atoms with Crippen molar-refractivity contribution in [1.82, 2.24) is 0 Å². The van der Waals surface area contributed by atoms with Crippen molar-refractivity contribution in [2.45, 2.75) is 16.7 Å². The summed E-state index contributed by atoms with van der Waals surface area (Å²) in [7, 11) is 0. The van der Waals surface area contributed by atoms with E-state index in [1.165, 1.54) is 8.47 Å². The lowest BCUT2D eigenvalue weighted by Crippen LogP contribution is -1.90. The Kier molecular flexibility index (Phi) is 4.23. The molecular weight excluding hydrogens is 343 g/mol. The van der Waals surface area contributed by atoms with E-state index >= 15 is 0 Å². The van der Waals surface area contributed by atoms with E-state index in [1.807, 2.05) is 24.3 Å². The summed E-state index contributed by atoms with van der Waals surface area (Å²) in [6.45, 7) is 1.58. The monoisotopic (exact) mass is 354 g/mol. The maximum Gasteiger partial charge on any atom is 0.159 e. The zero-order chi connectivity index (χ0) is 12.3. The number of carbonyl (C=O) groups excluding carboxylic acids is 1. The first kappa shape index (κ1) is 12.6. The quantitative estimate of drug-likeness (QED) is 0.590. The second-order valence-corrected chi connectivity index (χ2v) is 6.03. The molecule has 3 heteroatoms. The summed E-state index contributed by atoms with van der Waals surface area (Å²) >= 11 is 3.99. The van der Waals surface area contributed by atoms with E-state index in [1.54, 1.807) is 18.7 Å².